The highest BCUT2D eigenvalue weighted by atomic mass is 19.4. The van der Waals surface area contributed by atoms with E-state index < -0.39 is 35.3 Å². The van der Waals surface area contributed by atoms with E-state index in [0.717, 1.165) is 16.3 Å². The molecule has 2 aliphatic rings. The fourth-order valence-corrected chi connectivity index (χ4v) is 5.52. The van der Waals surface area contributed by atoms with Gasteiger partial charge in [-0.2, -0.15) is 13.2 Å². The molecule has 1 aliphatic carbocycles. The summed E-state index contributed by atoms with van der Waals surface area (Å²) in [4.78, 5) is 16.1. The van der Waals surface area contributed by atoms with Gasteiger partial charge in [0.2, 0.25) is 5.82 Å². The van der Waals surface area contributed by atoms with E-state index >= 15 is 0 Å². The lowest BCUT2D eigenvalue weighted by atomic mass is 9.79. The molecular formula is C27H24F4N2O4. The Kier molecular flexibility index (Phi) is 6.31. The Morgan fingerprint density at radius 3 is 2.59 bits per heavy atom. The second kappa shape index (κ2) is 9.33. The van der Waals surface area contributed by atoms with Crippen LogP contribution in [0, 0.1) is 11.7 Å². The summed E-state index contributed by atoms with van der Waals surface area (Å²) in [7, 11) is 2.81. The van der Waals surface area contributed by atoms with E-state index in [1.807, 2.05) is 6.08 Å². The molecule has 1 fully saturated rings. The van der Waals surface area contributed by atoms with Gasteiger partial charge in [0.15, 0.2) is 0 Å². The van der Waals surface area contributed by atoms with Crippen molar-refractivity contribution in [1.82, 2.24) is 9.55 Å². The Balaban J connectivity index is 1.58. The molecule has 0 bridgehead atoms. The molecule has 1 spiro atoms. The van der Waals surface area contributed by atoms with E-state index in [1.165, 1.54) is 38.6 Å². The number of carbonyl (C=O) groups excluding carboxylic acids is 1. The largest absolute Gasteiger partial charge is 0.496 e. The van der Waals surface area contributed by atoms with Crippen LogP contribution in [-0.4, -0.2) is 41.9 Å². The highest BCUT2D eigenvalue weighted by Gasteiger charge is 2.54. The van der Waals surface area contributed by atoms with Crippen molar-refractivity contribution in [2.45, 2.75) is 30.5 Å². The molecule has 10 heteroatoms. The van der Waals surface area contributed by atoms with Gasteiger partial charge in [-0.15, -0.1) is 0 Å². The van der Waals surface area contributed by atoms with Crippen LogP contribution >= 0.6 is 0 Å². The highest BCUT2D eigenvalue weighted by molar-refractivity contribution is 5.78. The lowest BCUT2D eigenvalue weighted by Crippen LogP contribution is -2.34. The quantitative estimate of drug-likeness (QED) is 0.328. The molecule has 1 aromatic heterocycles. The minimum atomic E-state index is -4.63. The fourth-order valence-electron chi connectivity index (χ4n) is 5.52. The molecule has 3 atom stereocenters. The van der Waals surface area contributed by atoms with Crippen LogP contribution in [0.2, 0.25) is 0 Å². The van der Waals surface area contributed by atoms with E-state index in [1.54, 1.807) is 24.3 Å². The maximum absolute atomic E-state index is 13.7. The molecule has 0 radical (unpaired) electrons. The van der Waals surface area contributed by atoms with Crippen LogP contribution < -0.4 is 4.74 Å². The first-order chi connectivity index (χ1) is 17.7. The molecule has 2 aromatic carbocycles. The number of halogens is 4. The van der Waals surface area contributed by atoms with Crippen molar-refractivity contribution >= 4 is 11.5 Å². The van der Waals surface area contributed by atoms with Crippen molar-refractivity contribution in [3.8, 4) is 11.4 Å². The Morgan fingerprint density at radius 2 is 1.92 bits per heavy atom. The zero-order valence-corrected chi connectivity index (χ0v) is 20.1. The summed E-state index contributed by atoms with van der Waals surface area (Å²) < 4.78 is 72.0. The van der Waals surface area contributed by atoms with Crippen LogP contribution in [0.5, 0.6) is 5.75 Å². The summed E-state index contributed by atoms with van der Waals surface area (Å²) in [6.45, 7) is 0.154. The lowest BCUT2D eigenvalue weighted by Gasteiger charge is -2.31. The van der Waals surface area contributed by atoms with Crippen molar-refractivity contribution < 1.29 is 36.6 Å². The second-order valence-electron chi connectivity index (χ2n) is 9.11. The molecule has 2 heterocycles. The van der Waals surface area contributed by atoms with Gasteiger partial charge in [0, 0.05) is 29.6 Å². The second-order valence-corrected chi connectivity index (χ2v) is 9.11. The van der Waals surface area contributed by atoms with Crippen LogP contribution in [0.15, 0.2) is 60.9 Å². The van der Waals surface area contributed by atoms with Gasteiger partial charge in [-0.05, 0) is 60.4 Å². The number of esters is 1. The topological polar surface area (TPSA) is 62.6 Å². The van der Waals surface area contributed by atoms with Gasteiger partial charge >= 0.3 is 12.1 Å². The number of hydrogen-bond acceptors (Lipinski definition) is 5. The highest BCUT2D eigenvalue weighted by Crippen LogP contribution is 2.54. The monoisotopic (exact) mass is 516 g/mol. The predicted molar refractivity (Wildman–Crippen MR) is 126 cm³/mol. The summed E-state index contributed by atoms with van der Waals surface area (Å²) >= 11 is 0. The third kappa shape index (κ3) is 4.39. The number of nitrogens with zero attached hydrogens (tertiary/aromatic N) is 2. The number of carbonyl (C=O) groups is 1. The standard InChI is InChI=1S/C27H24F4N2O4/c1-35-22-8-7-19(33-12-11-32-25(33)27(29,30)31)13-21(22)17-14-26(37-15-17)10-9-20(24(34)36-2)23(26)16-3-5-18(28)6-4-16/h3-8,11-14,20,23H,9-10,15H2,1-2H3. The van der Waals surface area contributed by atoms with Gasteiger partial charge in [0.1, 0.15) is 11.6 Å². The van der Waals surface area contributed by atoms with E-state index in [0.29, 0.717) is 29.7 Å². The normalized spacial score (nSPS) is 23.4. The molecule has 1 saturated carbocycles. The van der Waals surface area contributed by atoms with Gasteiger partial charge in [-0.25, -0.2) is 9.37 Å². The third-order valence-electron chi connectivity index (χ3n) is 7.12. The molecule has 6 nitrogen and oxygen atoms in total. The van der Waals surface area contributed by atoms with Gasteiger partial charge in [-0.1, -0.05) is 12.1 Å². The number of aromatic nitrogens is 2. The summed E-state index contributed by atoms with van der Waals surface area (Å²) in [6.07, 6.45) is 0.652. The first-order valence-corrected chi connectivity index (χ1v) is 11.6. The number of imidazole rings is 1. The first-order valence-electron chi connectivity index (χ1n) is 11.6. The molecule has 3 aromatic rings. The molecule has 194 valence electrons. The van der Waals surface area contributed by atoms with Gasteiger partial charge in [0.05, 0.1) is 32.3 Å². The summed E-state index contributed by atoms with van der Waals surface area (Å²) in [5.41, 5.74) is 1.40. The number of ether oxygens (including phenoxy) is 3. The maximum atomic E-state index is 13.7. The first kappa shape index (κ1) is 25.0. The van der Waals surface area contributed by atoms with Crippen LogP contribution in [0.4, 0.5) is 17.6 Å². The minimum Gasteiger partial charge on any atom is -0.496 e. The van der Waals surface area contributed by atoms with E-state index in [-0.39, 0.29) is 18.3 Å². The SMILES string of the molecule is COC(=O)C1CCC2(C=C(c3cc(-n4ccnc4C(F)(F)F)ccc3OC)CO2)C1c1ccc(F)cc1. The average molecular weight is 516 g/mol. The maximum Gasteiger partial charge on any atom is 0.450 e. The number of methoxy groups -OCH3 is 2. The number of benzene rings is 2. The average Bonchev–Trinajstić information content (AvgIpc) is 3.63. The Morgan fingerprint density at radius 1 is 1.16 bits per heavy atom. The zero-order valence-electron chi connectivity index (χ0n) is 20.1. The number of alkyl halides is 3. The van der Waals surface area contributed by atoms with Crippen LogP contribution in [0.3, 0.4) is 0 Å². The molecule has 0 saturated heterocycles. The minimum absolute atomic E-state index is 0.154. The molecule has 0 amide bonds. The molecular weight excluding hydrogens is 492 g/mol. The lowest BCUT2D eigenvalue weighted by molar-refractivity contribution is -0.147. The van der Waals surface area contributed by atoms with Crippen molar-refractivity contribution in [1.29, 1.82) is 0 Å². The number of hydrogen-bond donors (Lipinski definition) is 0. The van der Waals surface area contributed by atoms with Crippen molar-refractivity contribution in [2.75, 3.05) is 20.8 Å². The van der Waals surface area contributed by atoms with Crippen LogP contribution in [-0.2, 0) is 20.4 Å². The predicted octanol–water partition coefficient (Wildman–Crippen LogP) is 5.56. The van der Waals surface area contributed by atoms with E-state index in [2.05, 4.69) is 4.98 Å². The smallest absolute Gasteiger partial charge is 0.450 e. The molecule has 37 heavy (non-hydrogen) atoms. The van der Waals surface area contributed by atoms with Gasteiger partial charge in [0.25, 0.3) is 0 Å². The van der Waals surface area contributed by atoms with Crippen molar-refractivity contribution in [2.24, 2.45) is 5.92 Å². The van der Waals surface area contributed by atoms with E-state index in [4.69, 9.17) is 14.2 Å². The van der Waals surface area contributed by atoms with Crippen molar-refractivity contribution in [3.05, 3.63) is 83.7 Å². The van der Waals surface area contributed by atoms with Gasteiger partial charge in [-0.3, -0.25) is 9.36 Å². The molecule has 1 aliphatic heterocycles. The van der Waals surface area contributed by atoms with E-state index in [9.17, 15) is 22.4 Å². The molecule has 5 rings (SSSR count). The summed E-state index contributed by atoms with van der Waals surface area (Å²) in [5, 5.41) is 0. The van der Waals surface area contributed by atoms with Crippen LogP contribution in [0.25, 0.3) is 11.3 Å². The van der Waals surface area contributed by atoms with Gasteiger partial charge < -0.3 is 14.2 Å². The Bertz CT molecular complexity index is 1350. The molecule has 3 unspecified atom stereocenters. The third-order valence-corrected chi connectivity index (χ3v) is 7.12. The van der Waals surface area contributed by atoms with Crippen LogP contribution in [0.1, 0.15) is 35.7 Å². The summed E-state index contributed by atoms with van der Waals surface area (Å²) in [6, 6.07) is 10.7. The number of rotatable bonds is 5. The van der Waals surface area contributed by atoms with Crippen molar-refractivity contribution in [3.63, 3.8) is 0 Å². The Hall–Kier alpha value is -3.66. The molecule has 0 N–H and O–H groups in total. The zero-order chi connectivity index (χ0) is 26.4. The fraction of sp³-hybridized carbons (Fsp3) is 0.333. The Labute approximate surface area is 210 Å². The summed E-state index contributed by atoms with van der Waals surface area (Å²) in [5.74, 6) is -2.28.